The van der Waals surface area contributed by atoms with E-state index in [2.05, 4.69) is 10.3 Å². The van der Waals surface area contributed by atoms with Crippen molar-refractivity contribution in [3.05, 3.63) is 28.3 Å². The van der Waals surface area contributed by atoms with E-state index in [1.807, 2.05) is 11.9 Å². The first-order chi connectivity index (χ1) is 9.65. The van der Waals surface area contributed by atoms with Crippen molar-refractivity contribution < 1.29 is 9.34 Å². The summed E-state index contributed by atoms with van der Waals surface area (Å²) in [5.41, 5.74) is 1.13. The van der Waals surface area contributed by atoms with E-state index >= 15 is 0 Å². The second-order valence-electron chi connectivity index (χ2n) is 5.00. The number of hydrogen-bond acceptors (Lipinski definition) is 6. The molecule has 114 valence electrons. The summed E-state index contributed by atoms with van der Waals surface area (Å²) in [6, 6.07) is 5.38. The molecule has 2 aromatic rings. The molecule has 1 saturated heterocycles. The van der Waals surface area contributed by atoms with Gasteiger partial charge in [0, 0.05) is 25.2 Å². The Morgan fingerprint density at radius 2 is 2.14 bits per heavy atom. The average molecular weight is 313 g/mol. The Kier molecular flexibility index (Phi) is 4.64. The number of rotatable bonds is 3. The van der Waals surface area contributed by atoms with Gasteiger partial charge in [0.1, 0.15) is 5.52 Å². The highest BCUT2D eigenvalue weighted by atomic mass is 35.5. The van der Waals surface area contributed by atoms with E-state index in [-0.39, 0.29) is 18.1 Å². The van der Waals surface area contributed by atoms with Crippen LogP contribution in [0.2, 0.25) is 0 Å². The fraction of sp³-hybridized carbons (Fsp3) is 0.462. The van der Waals surface area contributed by atoms with Gasteiger partial charge >= 0.3 is 0 Å². The summed E-state index contributed by atoms with van der Waals surface area (Å²) in [5, 5.41) is 14.1. The standard InChI is InChI=1S/C13H16N4O3.ClH/c1-16(9-4-6-14-7-5-9)13-15-11-8-10(17(18)19)2-3-12(11)20-13;/h2-3,8-9,14H,4-7H2,1H3;1H. The Bertz CT molecular complexity index is 639. The lowest BCUT2D eigenvalue weighted by molar-refractivity contribution is -0.384. The molecule has 0 saturated carbocycles. The van der Waals surface area contributed by atoms with Crippen molar-refractivity contribution in [1.82, 2.24) is 10.3 Å². The fourth-order valence-corrected chi connectivity index (χ4v) is 2.52. The summed E-state index contributed by atoms with van der Waals surface area (Å²) in [6.45, 7) is 1.97. The summed E-state index contributed by atoms with van der Waals surface area (Å²) in [7, 11) is 1.95. The lowest BCUT2D eigenvalue weighted by Gasteiger charge is -2.30. The van der Waals surface area contributed by atoms with Crippen LogP contribution in [0.25, 0.3) is 11.1 Å². The minimum absolute atomic E-state index is 0. The zero-order valence-corrected chi connectivity index (χ0v) is 12.4. The van der Waals surface area contributed by atoms with E-state index in [0.29, 0.717) is 23.2 Å². The van der Waals surface area contributed by atoms with E-state index < -0.39 is 4.92 Å². The quantitative estimate of drug-likeness (QED) is 0.691. The third kappa shape index (κ3) is 3.08. The number of nitrogens with one attached hydrogen (secondary N) is 1. The highest BCUT2D eigenvalue weighted by Crippen LogP contribution is 2.27. The highest BCUT2D eigenvalue weighted by molar-refractivity contribution is 5.85. The van der Waals surface area contributed by atoms with Crippen molar-refractivity contribution in [1.29, 1.82) is 0 Å². The van der Waals surface area contributed by atoms with Gasteiger partial charge in [0.15, 0.2) is 5.58 Å². The Labute approximate surface area is 127 Å². The second kappa shape index (κ2) is 6.28. The molecule has 1 aromatic heterocycles. The molecule has 0 aliphatic carbocycles. The fourth-order valence-electron chi connectivity index (χ4n) is 2.52. The van der Waals surface area contributed by atoms with Crippen LogP contribution in [-0.2, 0) is 0 Å². The Balaban J connectivity index is 0.00000161. The van der Waals surface area contributed by atoms with Gasteiger partial charge in [-0.2, -0.15) is 4.98 Å². The normalized spacial score (nSPS) is 15.7. The number of non-ortho nitro benzene ring substituents is 1. The maximum atomic E-state index is 10.8. The van der Waals surface area contributed by atoms with Gasteiger partial charge < -0.3 is 14.6 Å². The first-order valence-electron chi connectivity index (χ1n) is 6.63. The Morgan fingerprint density at radius 1 is 1.43 bits per heavy atom. The number of hydrogen-bond donors (Lipinski definition) is 1. The van der Waals surface area contributed by atoms with Crippen LogP contribution in [0.15, 0.2) is 22.6 Å². The maximum Gasteiger partial charge on any atom is 0.298 e. The molecule has 1 aliphatic heterocycles. The van der Waals surface area contributed by atoms with Crippen molar-refractivity contribution in [3.63, 3.8) is 0 Å². The molecule has 21 heavy (non-hydrogen) atoms. The third-order valence-electron chi connectivity index (χ3n) is 3.73. The third-order valence-corrected chi connectivity index (χ3v) is 3.73. The zero-order valence-electron chi connectivity index (χ0n) is 11.6. The number of benzene rings is 1. The molecule has 0 unspecified atom stereocenters. The molecular weight excluding hydrogens is 296 g/mol. The largest absolute Gasteiger partial charge is 0.423 e. The summed E-state index contributed by atoms with van der Waals surface area (Å²) in [5.74, 6) is 0. The van der Waals surface area contributed by atoms with Gasteiger partial charge in [0.2, 0.25) is 0 Å². The van der Waals surface area contributed by atoms with E-state index in [1.54, 1.807) is 6.07 Å². The number of piperidine rings is 1. The van der Waals surface area contributed by atoms with Gasteiger partial charge in [0.05, 0.1) is 4.92 Å². The maximum absolute atomic E-state index is 10.8. The minimum atomic E-state index is -0.426. The van der Waals surface area contributed by atoms with E-state index in [9.17, 15) is 10.1 Å². The molecule has 3 rings (SSSR count). The van der Waals surface area contributed by atoms with Crippen LogP contribution in [-0.4, -0.2) is 36.1 Å². The molecule has 8 heteroatoms. The van der Waals surface area contributed by atoms with Crippen LogP contribution in [0.4, 0.5) is 11.7 Å². The first-order valence-corrected chi connectivity index (χ1v) is 6.63. The van der Waals surface area contributed by atoms with E-state index in [0.717, 1.165) is 25.9 Å². The molecule has 1 aromatic carbocycles. The molecule has 0 atom stereocenters. The smallest absolute Gasteiger partial charge is 0.298 e. The van der Waals surface area contributed by atoms with Crippen LogP contribution in [0, 0.1) is 10.1 Å². The number of nitro benzene ring substituents is 1. The van der Waals surface area contributed by atoms with Gasteiger partial charge in [0.25, 0.3) is 11.7 Å². The molecular formula is C13H17ClN4O3. The summed E-state index contributed by atoms with van der Waals surface area (Å²) in [4.78, 5) is 16.7. The molecule has 0 radical (unpaired) electrons. The summed E-state index contributed by atoms with van der Waals surface area (Å²) < 4.78 is 5.69. The van der Waals surface area contributed by atoms with Crippen LogP contribution < -0.4 is 10.2 Å². The van der Waals surface area contributed by atoms with Crippen molar-refractivity contribution in [2.75, 3.05) is 25.0 Å². The molecule has 0 spiro atoms. The number of nitrogens with zero attached hydrogens (tertiary/aromatic N) is 3. The van der Waals surface area contributed by atoms with Crippen molar-refractivity contribution >= 4 is 35.2 Å². The molecule has 0 amide bonds. The summed E-state index contributed by atoms with van der Waals surface area (Å²) in [6.07, 6.45) is 2.07. The van der Waals surface area contributed by atoms with E-state index in [4.69, 9.17) is 4.42 Å². The summed E-state index contributed by atoms with van der Waals surface area (Å²) >= 11 is 0. The van der Waals surface area contributed by atoms with Crippen molar-refractivity contribution in [3.8, 4) is 0 Å². The number of anilines is 1. The molecule has 1 N–H and O–H groups in total. The monoisotopic (exact) mass is 312 g/mol. The minimum Gasteiger partial charge on any atom is -0.423 e. The SMILES string of the molecule is CN(c1nc2cc([N+](=O)[O-])ccc2o1)C1CCNCC1.Cl. The molecule has 0 bridgehead atoms. The number of fused-ring (bicyclic) bond motifs is 1. The molecule has 2 heterocycles. The predicted octanol–water partition coefficient (Wildman–Crippen LogP) is 2.35. The van der Waals surface area contributed by atoms with Crippen LogP contribution in [0.3, 0.4) is 0 Å². The van der Waals surface area contributed by atoms with Crippen LogP contribution in [0.1, 0.15) is 12.8 Å². The lowest BCUT2D eigenvalue weighted by atomic mass is 10.1. The van der Waals surface area contributed by atoms with Gasteiger partial charge in [-0.3, -0.25) is 10.1 Å². The van der Waals surface area contributed by atoms with Crippen molar-refractivity contribution in [2.24, 2.45) is 0 Å². The number of oxazole rings is 1. The second-order valence-corrected chi connectivity index (χ2v) is 5.00. The van der Waals surface area contributed by atoms with Gasteiger partial charge in [-0.25, -0.2) is 0 Å². The number of nitro groups is 1. The van der Waals surface area contributed by atoms with Gasteiger partial charge in [-0.05, 0) is 32.0 Å². The van der Waals surface area contributed by atoms with Gasteiger partial charge in [-0.15, -0.1) is 12.4 Å². The van der Waals surface area contributed by atoms with Crippen molar-refractivity contribution in [2.45, 2.75) is 18.9 Å². The number of halogens is 1. The Hall–Kier alpha value is -1.86. The molecule has 1 fully saturated rings. The first kappa shape index (κ1) is 15.5. The zero-order chi connectivity index (χ0) is 14.1. The molecule has 7 nitrogen and oxygen atoms in total. The van der Waals surface area contributed by atoms with Crippen LogP contribution in [0.5, 0.6) is 0 Å². The topological polar surface area (TPSA) is 84.4 Å². The molecule has 1 aliphatic rings. The highest BCUT2D eigenvalue weighted by Gasteiger charge is 2.22. The predicted molar refractivity (Wildman–Crippen MR) is 82.2 cm³/mol. The van der Waals surface area contributed by atoms with Gasteiger partial charge in [-0.1, -0.05) is 0 Å². The Morgan fingerprint density at radius 3 is 2.81 bits per heavy atom. The van der Waals surface area contributed by atoms with E-state index in [1.165, 1.54) is 12.1 Å². The van der Waals surface area contributed by atoms with Crippen LogP contribution >= 0.6 is 12.4 Å². The average Bonchev–Trinajstić information content (AvgIpc) is 2.90. The lowest BCUT2D eigenvalue weighted by Crippen LogP contribution is -2.41. The number of aromatic nitrogens is 1.